The molecular weight excluding hydrogens is 478 g/mol. The van der Waals surface area contributed by atoms with E-state index in [1.165, 1.54) is 19.4 Å². The molecule has 156 valence electrons. The topological polar surface area (TPSA) is 88.5 Å². The minimum Gasteiger partial charge on any atom is -0.326 e. The summed E-state index contributed by atoms with van der Waals surface area (Å²) < 4.78 is 17.9. The van der Waals surface area contributed by atoms with E-state index in [0.717, 1.165) is 10.0 Å². The quantitative estimate of drug-likeness (QED) is 0.541. The first-order valence-electron chi connectivity index (χ1n) is 9.10. The molecule has 0 aliphatic rings. The summed E-state index contributed by atoms with van der Waals surface area (Å²) in [6.45, 7) is 1.38. The molecule has 0 aliphatic carbocycles. The third kappa shape index (κ3) is 6.10. The van der Waals surface area contributed by atoms with Gasteiger partial charge < -0.3 is 5.32 Å². The summed E-state index contributed by atoms with van der Waals surface area (Å²) in [5.74, 6) is 5.08. The number of nitrogens with zero attached hydrogens (tertiary/aromatic N) is 2. The number of aromatic nitrogens is 1. The Morgan fingerprint density at radius 3 is 2.58 bits per heavy atom. The molecule has 31 heavy (non-hydrogen) atoms. The fraction of sp³-hybridized carbons (Fsp3) is 0.0870. The molecule has 2 amide bonds. The average molecular weight is 496 g/mol. The molecule has 1 aromatic heterocycles. The summed E-state index contributed by atoms with van der Waals surface area (Å²) in [5, 5.41) is 2.62. The van der Waals surface area contributed by atoms with E-state index in [9.17, 15) is 13.8 Å². The van der Waals surface area contributed by atoms with E-state index < -0.39 is 15.6 Å². The van der Waals surface area contributed by atoms with Crippen molar-refractivity contribution in [2.24, 2.45) is 4.36 Å². The molecule has 0 spiro atoms. The van der Waals surface area contributed by atoms with Crippen LogP contribution in [0.15, 0.2) is 80.7 Å². The van der Waals surface area contributed by atoms with Crippen LogP contribution in [0.2, 0.25) is 0 Å². The third-order valence-electron chi connectivity index (χ3n) is 4.05. The van der Waals surface area contributed by atoms with Crippen molar-refractivity contribution in [3.05, 3.63) is 88.2 Å². The number of hydrogen-bond donors (Lipinski definition) is 1. The molecule has 0 radical (unpaired) electrons. The zero-order valence-electron chi connectivity index (χ0n) is 16.8. The van der Waals surface area contributed by atoms with Crippen molar-refractivity contribution in [2.75, 3.05) is 11.6 Å². The van der Waals surface area contributed by atoms with E-state index in [0.29, 0.717) is 16.1 Å². The Hall–Kier alpha value is -3.28. The minimum atomic E-state index is -3.04. The largest absolute Gasteiger partial charge is 0.326 e. The normalized spacial score (nSPS) is 12.1. The molecule has 8 heteroatoms. The molecule has 0 fully saturated rings. The van der Waals surface area contributed by atoms with Crippen molar-refractivity contribution in [1.82, 2.24) is 4.98 Å². The van der Waals surface area contributed by atoms with Crippen molar-refractivity contribution in [3.63, 3.8) is 0 Å². The molecule has 1 unspecified atom stereocenters. The summed E-state index contributed by atoms with van der Waals surface area (Å²) in [4.78, 5) is 28.3. The number of rotatable bonds is 3. The molecule has 0 bridgehead atoms. The standard InChI is InChI=1S/C23H18BrN3O3S/c1-16(28)26-20-7-5-8-21(13-20)31(2,30)27-23(29)19-12-17(14-25-15-19)10-11-18-6-3-4-9-22(18)24/h3-9,12-15H,1-2H3,(H,26,28). The van der Waals surface area contributed by atoms with Crippen molar-refractivity contribution in [2.45, 2.75) is 11.8 Å². The van der Waals surface area contributed by atoms with Gasteiger partial charge in [0.2, 0.25) is 5.91 Å². The molecule has 0 saturated carbocycles. The molecule has 1 heterocycles. The number of benzene rings is 2. The number of amides is 2. The van der Waals surface area contributed by atoms with Gasteiger partial charge in [0.1, 0.15) is 0 Å². The van der Waals surface area contributed by atoms with E-state index in [1.54, 1.807) is 36.5 Å². The van der Waals surface area contributed by atoms with Gasteiger partial charge in [-0.05, 0) is 52.3 Å². The summed E-state index contributed by atoms with van der Waals surface area (Å²) in [6, 6.07) is 15.5. The number of anilines is 1. The monoisotopic (exact) mass is 495 g/mol. The van der Waals surface area contributed by atoms with Gasteiger partial charge in [0.05, 0.1) is 15.3 Å². The first-order valence-corrected chi connectivity index (χ1v) is 11.8. The van der Waals surface area contributed by atoms with Gasteiger partial charge in [-0.1, -0.05) is 30.0 Å². The zero-order chi connectivity index (χ0) is 22.4. The van der Waals surface area contributed by atoms with E-state index >= 15 is 0 Å². The van der Waals surface area contributed by atoms with Crippen LogP contribution in [-0.4, -0.2) is 27.3 Å². The van der Waals surface area contributed by atoms with Gasteiger partial charge in [0, 0.05) is 51.8 Å². The molecule has 1 N–H and O–H groups in total. The lowest BCUT2D eigenvalue weighted by Crippen LogP contribution is -2.08. The van der Waals surface area contributed by atoms with Gasteiger partial charge in [-0.3, -0.25) is 14.6 Å². The maximum absolute atomic E-state index is 13.1. The highest BCUT2D eigenvalue weighted by Gasteiger charge is 2.13. The zero-order valence-corrected chi connectivity index (χ0v) is 19.2. The van der Waals surface area contributed by atoms with E-state index in [-0.39, 0.29) is 11.5 Å². The van der Waals surface area contributed by atoms with E-state index in [4.69, 9.17) is 0 Å². The number of carbonyl (C=O) groups excluding carboxylic acids is 2. The average Bonchev–Trinajstić information content (AvgIpc) is 2.73. The molecule has 2 aromatic carbocycles. The number of carbonyl (C=O) groups is 2. The van der Waals surface area contributed by atoms with Gasteiger partial charge in [-0.15, -0.1) is 0 Å². The van der Waals surface area contributed by atoms with Crippen molar-refractivity contribution in [1.29, 1.82) is 0 Å². The summed E-state index contributed by atoms with van der Waals surface area (Å²) in [5.41, 5.74) is 2.01. The maximum Gasteiger partial charge on any atom is 0.286 e. The second-order valence-electron chi connectivity index (χ2n) is 6.60. The van der Waals surface area contributed by atoms with Crippen LogP contribution in [0.25, 0.3) is 0 Å². The van der Waals surface area contributed by atoms with Gasteiger partial charge in [-0.25, -0.2) is 4.21 Å². The smallest absolute Gasteiger partial charge is 0.286 e. The van der Waals surface area contributed by atoms with Gasteiger partial charge in [0.25, 0.3) is 5.91 Å². The molecule has 6 nitrogen and oxygen atoms in total. The van der Waals surface area contributed by atoms with Crippen LogP contribution in [0.5, 0.6) is 0 Å². The Morgan fingerprint density at radius 2 is 1.84 bits per heavy atom. The van der Waals surface area contributed by atoms with Crippen molar-refractivity contribution >= 4 is 43.2 Å². The molecule has 0 saturated heterocycles. The van der Waals surface area contributed by atoms with Gasteiger partial charge in [-0.2, -0.15) is 4.36 Å². The Balaban J connectivity index is 1.89. The second-order valence-corrected chi connectivity index (χ2v) is 9.71. The highest BCUT2D eigenvalue weighted by atomic mass is 79.9. The first kappa shape index (κ1) is 22.4. The molecule has 1 atom stereocenters. The van der Waals surface area contributed by atoms with E-state index in [2.05, 4.69) is 42.4 Å². The molecular formula is C23H18BrN3O3S. The van der Waals surface area contributed by atoms with Gasteiger partial charge in [0.15, 0.2) is 0 Å². The highest BCUT2D eigenvalue weighted by molar-refractivity contribution is 9.10. The molecule has 3 aromatic rings. The molecule has 3 rings (SSSR count). The van der Waals surface area contributed by atoms with Crippen molar-refractivity contribution in [3.8, 4) is 11.8 Å². The van der Waals surface area contributed by atoms with Crippen LogP contribution in [0.3, 0.4) is 0 Å². The number of pyridine rings is 1. The Labute approximate surface area is 189 Å². The van der Waals surface area contributed by atoms with Crippen LogP contribution in [0.4, 0.5) is 5.69 Å². The molecule has 0 aliphatic heterocycles. The third-order valence-corrected chi connectivity index (χ3v) is 6.38. The summed E-state index contributed by atoms with van der Waals surface area (Å²) in [7, 11) is -3.04. The lowest BCUT2D eigenvalue weighted by Gasteiger charge is -2.07. The minimum absolute atomic E-state index is 0.187. The van der Waals surface area contributed by atoms with Crippen LogP contribution >= 0.6 is 15.9 Å². The number of hydrogen-bond acceptors (Lipinski definition) is 4. The predicted molar refractivity (Wildman–Crippen MR) is 124 cm³/mol. The fourth-order valence-corrected chi connectivity index (χ4v) is 4.19. The van der Waals surface area contributed by atoms with Gasteiger partial charge >= 0.3 is 0 Å². The number of halogens is 1. The lowest BCUT2D eigenvalue weighted by molar-refractivity contribution is -0.114. The Morgan fingerprint density at radius 1 is 1.06 bits per heavy atom. The SMILES string of the molecule is CC(=O)Nc1cccc(S(C)(=O)=NC(=O)c2cncc(C#Cc3ccccc3Br)c2)c1. The van der Waals surface area contributed by atoms with E-state index in [1.807, 2.05) is 24.3 Å². The summed E-state index contributed by atoms with van der Waals surface area (Å²) in [6.07, 6.45) is 4.28. The van der Waals surface area contributed by atoms with Crippen LogP contribution in [0.1, 0.15) is 28.4 Å². The Kier molecular flexibility index (Phi) is 7.00. The lowest BCUT2D eigenvalue weighted by atomic mass is 10.2. The van der Waals surface area contributed by atoms with Crippen LogP contribution < -0.4 is 5.32 Å². The number of nitrogens with one attached hydrogen (secondary N) is 1. The van der Waals surface area contributed by atoms with Crippen LogP contribution in [0, 0.1) is 11.8 Å². The van der Waals surface area contributed by atoms with Crippen LogP contribution in [-0.2, 0) is 14.5 Å². The predicted octanol–water partition coefficient (Wildman–Crippen LogP) is 4.50. The Bertz CT molecular complexity index is 1350. The highest BCUT2D eigenvalue weighted by Crippen LogP contribution is 2.18. The summed E-state index contributed by atoms with van der Waals surface area (Å²) >= 11 is 3.44. The van der Waals surface area contributed by atoms with Crippen molar-refractivity contribution < 1.29 is 13.8 Å². The fourth-order valence-electron chi connectivity index (χ4n) is 2.60. The maximum atomic E-state index is 13.1. The second kappa shape index (κ2) is 9.69. The first-order chi connectivity index (χ1) is 14.7.